The number of halogens is 2. The van der Waals surface area contributed by atoms with Gasteiger partial charge in [0.1, 0.15) is 0 Å². The Morgan fingerprint density at radius 3 is 2.70 bits per heavy atom. The van der Waals surface area contributed by atoms with Gasteiger partial charge in [-0.25, -0.2) is 4.98 Å². The highest BCUT2D eigenvalue weighted by molar-refractivity contribution is 6.36. The molecule has 0 radical (unpaired) electrons. The molecule has 1 saturated heterocycles. The van der Waals surface area contributed by atoms with Crippen LogP contribution in [0.2, 0.25) is 10.0 Å². The summed E-state index contributed by atoms with van der Waals surface area (Å²) in [6.45, 7) is 6.24. The molecule has 2 unspecified atom stereocenters. The summed E-state index contributed by atoms with van der Waals surface area (Å²) in [5, 5.41) is 6.92. The van der Waals surface area contributed by atoms with E-state index in [9.17, 15) is 4.79 Å². The monoisotopic (exact) mass is 316 g/mol. The lowest BCUT2D eigenvalue weighted by molar-refractivity contribution is -0.117. The second-order valence-electron chi connectivity index (χ2n) is 5.19. The summed E-state index contributed by atoms with van der Waals surface area (Å²) >= 11 is 11.7. The Balaban J connectivity index is 1.92. The van der Waals surface area contributed by atoms with Crippen LogP contribution in [0, 0.1) is 0 Å². The van der Waals surface area contributed by atoms with E-state index in [-0.39, 0.29) is 5.91 Å². The van der Waals surface area contributed by atoms with Gasteiger partial charge in [-0.2, -0.15) is 0 Å². The Morgan fingerprint density at radius 1 is 1.45 bits per heavy atom. The Morgan fingerprint density at radius 2 is 2.10 bits per heavy atom. The Labute approximate surface area is 128 Å². The van der Waals surface area contributed by atoms with Gasteiger partial charge in [-0.05, 0) is 19.9 Å². The lowest BCUT2D eigenvalue weighted by atomic mass is 10.1. The van der Waals surface area contributed by atoms with Crippen LogP contribution in [0.25, 0.3) is 0 Å². The van der Waals surface area contributed by atoms with E-state index in [2.05, 4.69) is 34.4 Å². The number of nitrogens with one attached hydrogen (secondary N) is 2. The first-order chi connectivity index (χ1) is 9.44. The van der Waals surface area contributed by atoms with Crippen molar-refractivity contribution < 1.29 is 4.79 Å². The summed E-state index contributed by atoms with van der Waals surface area (Å²) in [7, 11) is 0. The van der Waals surface area contributed by atoms with Crippen molar-refractivity contribution in [3.05, 3.63) is 22.3 Å². The van der Waals surface area contributed by atoms with Gasteiger partial charge >= 0.3 is 0 Å². The second kappa shape index (κ2) is 6.72. The summed E-state index contributed by atoms with van der Waals surface area (Å²) < 4.78 is 0. The minimum atomic E-state index is -0.122. The fourth-order valence-electron chi connectivity index (χ4n) is 2.45. The van der Waals surface area contributed by atoms with E-state index in [0.29, 0.717) is 34.5 Å². The van der Waals surface area contributed by atoms with Gasteiger partial charge in [-0.3, -0.25) is 9.69 Å². The summed E-state index contributed by atoms with van der Waals surface area (Å²) in [5.41, 5.74) is 0. The van der Waals surface area contributed by atoms with E-state index < -0.39 is 0 Å². The van der Waals surface area contributed by atoms with E-state index in [1.54, 1.807) is 6.07 Å². The molecule has 7 heteroatoms. The Bertz CT molecular complexity index is 487. The smallest absolute Gasteiger partial charge is 0.239 e. The van der Waals surface area contributed by atoms with Gasteiger partial charge in [0.15, 0.2) is 5.82 Å². The van der Waals surface area contributed by atoms with Gasteiger partial charge in [0.2, 0.25) is 5.91 Å². The van der Waals surface area contributed by atoms with Crippen molar-refractivity contribution in [1.82, 2.24) is 15.2 Å². The first kappa shape index (κ1) is 15.5. The van der Waals surface area contributed by atoms with Crippen molar-refractivity contribution in [2.75, 3.05) is 25.0 Å². The third-order valence-corrected chi connectivity index (χ3v) is 3.56. The molecule has 1 aromatic heterocycles. The molecule has 5 nitrogen and oxygen atoms in total. The molecule has 20 heavy (non-hydrogen) atoms. The summed E-state index contributed by atoms with van der Waals surface area (Å²) in [6.07, 6.45) is 1.46. The SMILES string of the molecule is CC1CN(CC(=O)Nc2ncc(Cl)cc2Cl)CC(C)N1. The normalized spacial score (nSPS) is 23.6. The maximum atomic E-state index is 12.0. The van der Waals surface area contributed by atoms with Crippen molar-refractivity contribution >= 4 is 34.9 Å². The van der Waals surface area contributed by atoms with Gasteiger partial charge in [0.25, 0.3) is 0 Å². The Hall–Kier alpha value is -0.880. The number of carbonyl (C=O) groups is 1. The minimum Gasteiger partial charge on any atom is -0.309 e. The minimum absolute atomic E-state index is 0.122. The van der Waals surface area contributed by atoms with Crippen LogP contribution in [0.4, 0.5) is 5.82 Å². The number of hydrogen-bond donors (Lipinski definition) is 2. The van der Waals surface area contributed by atoms with Crippen LogP contribution in [0.3, 0.4) is 0 Å². The van der Waals surface area contributed by atoms with Crippen LogP contribution in [0.5, 0.6) is 0 Å². The predicted molar refractivity (Wildman–Crippen MR) is 81.4 cm³/mol. The number of amides is 1. The second-order valence-corrected chi connectivity index (χ2v) is 6.04. The molecular formula is C13H18Cl2N4O. The zero-order valence-electron chi connectivity index (χ0n) is 11.5. The van der Waals surface area contributed by atoms with Gasteiger partial charge in [-0.15, -0.1) is 0 Å². The Kier molecular flexibility index (Phi) is 5.21. The molecule has 1 fully saturated rings. The molecule has 1 aliphatic heterocycles. The molecule has 0 bridgehead atoms. The summed E-state index contributed by atoms with van der Waals surface area (Å²) in [5.74, 6) is 0.223. The van der Waals surface area contributed by atoms with Gasteiger partial charge < -0.3 is 10.6 Å². The molecule has 2 rings (SSSR count). The number of carbonyl (C=O) groups excluding carboxylic acids is 1. The first-order valence-electron chi connectivity index (χ1n) is 6.53. The fourth-order valence-corrected chi connectivity index (χ4v) is 2.88. The zero-order chi connectivity index (χ0) is 14.7. The summed E-state index contributed by atoms with van der Waals surface area (Å²) in [4.78, 5) is 18.2. The average Bonchev–Trinajstić information content (AvgIpc) is 2.31. The van der Waals surface area contributed by atoms with E-state index >= 15 is 0 Å². The van der Waals surface area contributed by atoms with Crippen molar-refractivity contribution in [2.24, 2.45) is 0 Å². The molecule has 0 aromatic carbocycles. The average molecular weight is 317 g/mol. The molecule has 0 spiro atoms. The van der Waals surface area contributed by atoms with Crippen LogP contribution < -0.4 is 10.6 Å². The lowest BCUT2D eigenvalue weighted by Gasteiger charge is -2.35. The third kappa shape index (κ3) is 4.31. The highest BCUT2D eigenvalue weighted by Crippen LogP contribution is 2.22. The molecular weight excluding hydrogens is 299 g/mol. The van der Waals surface area contributed by atoms with Crippen LogP contribution in [-0.4, -0.2) is 47.5 Å². The van der Waals surface area contributed by atoms with E-state index in [1.807, 2.05) is 0 Å². The van der Waals surface area contributed by atoms with Gasteiger partial charge in [0, 0.05) is 31.4 Å². The maximum Gasteiger partial charge on any atom is 0.239 e. The molecule has 2 heterocycles. The predicted octanol–water partition coefficient (Wildman–Crippen LogP) is 2.01. The molecule has 1 aromatic rings. The van der Waals surface area contributed by atoms with Crippen molar-refractivity contribution in [1.29, 1.82) is 0 Å². The highest BCUT2D eigenvalue weighted by Gasteiger charge is 2.22. The van der Waals surface area contributed by atoms with Crippen LogP contribution >= 0.6 is 23.2 Å². The van der Waals surface area contributed by atoms with Crippen LogP contribution in [0.15, 0.2) is 12.3 Å². The number of piperazine rings is 1. The topological polar surface area (TPSA) is 57.3 Å². The molecule has 1 amide bonds. The molecule has 2 atom stereocenters. The number of nitrogens with zero attached hydrogens (tertiary/aromatic N) is 2. The number of hydrogen-bond acceptors (Lipinski definition) is 4. The highest BCUT2D eigenvalue weighted by atomic mass is 35.5. The first-order valence-corrected chi connectivity index (χ1v) is 7.29. The van der Waals surface area contributed by atoms with Crippen molar-refractivity contribution in [3.8, 4) is 0 Å². The maximum absolute atomic E-state index is 12.0. The van der Waals surface area contributed by atoms with Crippen LogP contribution in [-0.2, 0) is 4.79 Å². The van der Waals surface area contributed by atoms with Gasteiger partial charge in [-0.1, -0.05) is 23.2 Å². The molecule has 2 N–H and O–H groups in total. The van der Waals surface area contributed by atoms with Crippen molar-refractivity contribution in [3.63, 3.8) is 0 Å². The quantitative estimate of drug-likeness (QED) is 0.895. The zero-order valence-corrected chi connectivity index (χ0v) is 13.0. The fraction of sp³-hybridized carbons (Fsp3) is 0.538. The number of pyridine rings is 1. The number of aromatic nitrogens is 1. The van der Waals surface area contributed by atoms with E-state index in [1.165, 1.54) is 6.20 Å². The number of rotatable bonds is 3. The molecule has 1 aliphatic rings. The summed E-state index contributed by atoms with van der Waals surface area (Å²) in [6, 6.07) is 2.31. The largest absolute Gasteiger partial charge is 0.309 e. The van der Waals surface area contributed by atoms with Crippen LogP contribution in [0.1, 0.15) is 13.8 Å². The van der Waals surface area contributed by atoms with E-state index in [4.69, 9.17) is 23.2 Å². The van der Waals surface area contributed by atoms with Gasteiger partial charge in [0.05, 0.1) is 16.6 Å². The standard InChI is InChI=1S/C13H18Cl2N4O/c1-8-5-19(6-9(2)17-8)7-12(20)18-13-11(15)3-10(14)4-16-13/h3-4,8-9,17H,5-7H2,1-2H3,(H,16,18,20). The lowest BCUT2D eigenvalue weighted by Crippen LogP contribution is -2.55. The molecule has 0 saturated carbocycles. The third-order valence-electron chi connectivity index (χ3n) is 3.07. The molecule has 0 aliphatic carbocycles. The van der Waals surface area contributed by atoms with Crippen molar-refractivity contribution in [2.45, 2.75) is 25.9 Å². The van der Waals surface area contributed by atoms with E-state index in [0.717, 1.165) is 13.1 Å². The number of anilines is 1. The molecule has 110 valence electrons.